The number of aliphatic carboxylic acids is 1. The molecule has 0 unspecified atom stereocenters. The molecule has 10 nitrogen and oxygen atoms in total. The Bertz CT molecular complexity index is 1580. The topological polar surface area (TPSA) is 111 Å². The van der Waals surface area contributed by atoms with Crippen LogP contribution in [-0.4, -0.2) is 79.4 Å². The van der Waals surface area contributed by atoms with Crippen molar-refractivity contribution in [3.8, 4) is 11.1 Å². The van der Waals surface area contributed by atoms with Crippen LogP contribution in [-0.2, 0) is 22.6 Å². The number of alkyl carbamates (subject to hydrolysis) is 1. The van der Waals surface area contributed by atoms with Gasteiger partial charge in [-0.1, -0.05) is 48.5 Å². The van der Waals surface area contributed by atoms with Crippen LogP contribution in [0.15, 0.2) is 85.2 Å². The van der Waals surface area contributed by atoms with Gasteiger partial charge in [-0.05, 0) is 72.3 Å². The van der Waals surface area contributed by atoms with Gasteiger partial charge in [-0.2, -0.15) is 0 Å². The summed E-state index contributed by atoms with van der Waals surface area (Å²) in [7, 11) is 8.01. The third-order valence-electron chi connectivity index (χ3n) is 8.56. The minimum absolute atomic E-state index is 0.0942. The van der Waals surface area contributed by atoms with Crippen molar-refractivity contribution in [2.45, 2.75) is 44.3 Å². The maximum Gasteiger partial charge on any atom is 0.407 e. The third-order valence-corrected chi connectivity index (χ3v) is 8.56. The molecule has 10 heteroatoms. The summed E-state index contributed by atoms with van der Waals surface area (Å²) < 4.78 is 5.61. The number of unbranched alkanes of at least 4 members (excludes halogenated alkanes) is 1. The number of anilines is 2. The molecule has 0 bridgehead atoms. The summed E-state index contributed by atoms with van der Waals surface area (Å²) in [5.74, 6) is -1.17. The molecular weight excluding hydrogens is 592 g/mol. The lowest BCUT2D eigenvalue weighted by Crippen LogP contribution is -2.41. The maximum atomic E-state index is 12.8. The Morgan fingerprint density at radius 1 is 0.809 bits per heavy atom. The van der Waals surface area contributed by atoms with Crippen LogP contribution in [0.25, 0.3) is 11.1 Å². The lowest BCUT2D eigenvalue weighted by Gasteiger charge is -2.23. The second kappa shape index (κ2) is 15.6. The first kappa shape index (κ1) is 33.4. The molecule has 5 rings (SSSR count). The second-order valence-electron chi connectivity index (χ2n) is 12.4. The van der Waals surface area contributed by atoms with Gasteiger partial charge in [0.25, 0.3) is 0 Å². The number of carboxylic acids is 1. The first-order chi connectivity index (χ1) is 22.7. The Kier molecular flexibility index (Phi) is 11.1. The molecule has 0 spiro atoms. The maximum absolute atomic E-state index is 12.8. The van der Waals surface area contributed by atoms with Crippen molar-refractivity contribution in [2.24, 2.45) is 0 Å². The summed E-state index contributed by atoms with van der Waals surface area (Å²) in [6, 6.07) is 23.3. The van der Waals surface area contributed by atoms with Gasteiger partial charge in [0.1, 0.15) is 12.6 Å². The molecular formula is C37H44N6O4. The summed E-state index contributed by atoms with van der Waals surface area (Å²) in [4.78, 5) is 40.5. The predicted octanol–water partition coefficient (Wildman–Crippen LogP) is 5.77. The minimum atomic E-state index is -1.08. The molecule has 1 aliphatic rings. The number of carbonyl (C=O) groups excluding carboxylic acids is 1. The summed E-state index contributed by atoms with van der Waals surface area (Å²) in [5, 5.41) is 12.5. The second-order valence-corrected chi connectivity index (χ2v) is 12.4. The zero-order valence-electron chi connectivity index (χ0n) is 27.6. The van der Waals surface area contributed by atoms with Crippen LogP contribution in [0.4, 0.5) is 16.2 Å². The Balaban J connectivity index is 1.16. The number of hydrogen-bond donors (Lipinski definition) is 2. The fourth-order valence-corrected chi connectivity index (χ4v) is 6.06. The summed E-state index contributed by atoms with van der Waals surface area (Å²) in [5.41, 5.74) is 8.52. The molecule has 0 saturated carbocycles. The largest absolute Gasteiger partial charge is 0.480 e. The van der Waals surface area contributed by atoms with Crippen LogP contribution in [0.2, 0.25) is 0 Å². The van der Waals surface area contributed by atoms with Crippen molar-refractivity contribution in [2.75, 3.05) is 51.1 Å². The first-order valence-corrected chi connectivity index (χ1v) is 16.0. The highest BCUT2D eigenvalue weighted by atomic mass is 16.5. The molecule has 0 fully saturated rings. The SMILES string of the molecule is CN(C)c1ccnc(CN(CCCC[C@@H](NC(=O)OCC2c3ccccc3-c3ccccc32)C(=O)O)Cc2cc(N(C)C)ccn2)c1. The van der Waals surface area contributed by atoms with E-state index in [1.54, 1.807) is 0 Å². The standard InChI is InChI=1S/C37H44N6O4/c1-41(2)28-16-18-38-26(21-28)23-43(24-27-22-29(42(3)4)17-19-39-27)20-10-9-15-35(36(44)45)40-37(46)47-25-34-32-13-7-5-11-30(32)31-12-6-8-14-33(31)34/h5-8,11-14,16-19,21-22,34-35H,9-10,15,20,23-25H2,1-4H3,(H,40,46)(H,44,45)/t35-/m1/s1. The average molecular weight is 637 g/mol. The number of nitrogens with zero attached hydrogens (tertiary/aromatic N) is 5. The summed E-state index contributed by atoms with van der Waals surface area (Å²) >= 11 is 0. The van der Waals surface area contributed by atoms with Crippen molar-refractivity contribution < 1.29 is 19.4 Å². The highest BCUT2D eigenvalue weighted by molar-refractivity contribution is 5.81. The predicted molar refractivity (Wildman–Crippen MR) is 185 cm³/mol. The van der Waals surface area contributed by atoms with E-state index in [-0.39, 0.29) is 18.9 Å². The fraction of sp³-hybridized carbons (Fsp3) is 0.351. The van der Waals surface area contributed by atoms with Gasteiger partial charge in [-0.3, -0.25) is 14.9 Å². The highest BCUT2D eigenvalue weighted by Gasteiger charge is 2.29. The number of rotatable bonds is 15. The van der Waals surface area contributed by atoms with E-state index in [0.717, 1.165) is 51.4 Å². The fourth-order valence-electron chi connectivity index (χ4n) is 6.06. The van der Waals surface area contributed by atoms with Crippen LogP contribution in [0, 0.1) is 0 Å². The molecule has 0 radical (unpaired) electrons. The molecule has 2 aromatic heterocycles. The molecule has 47 heavy (non-hydrogen) atoms. The zero-order chi connectivity index (χ0) is 33.3. The van der Waals surface area contributed by atoms with Gasteiger partial charge < -0.3 is 25.0 Å². The number of aromatic nitrogens is 2. The molecule has 2 N–H and O–H groups in total. The molecule has 1 atom stereocenters. The lowest BCUT2D eigenvalue weighted by molar-refractivity contribution is -0.139. The van der Waals surface area contributed by atoms with Crippen LogP contribution in [0.3, 0.4) is 0 Å². The summed E-state index contributed by atoms with van der Waals surface area (Å²) in [6.45, 7) is 2.08. The van der Waals surface area contributed by atoms with Crippen LogP contribution < -0.4 is 15.1 Å². The number of amides is 1. The van der Waals surface area contributed by atoms with Crippen molar-refractivity contribution >= 4 is 23.4 Å². The van der Waals surface area contributed by atoms with E-state index < -0.39 is 18.1 Å². The van der Waals surface area contributed by atoms with Gasteiger partial charge in [0.05, 0.1) is 11.4 Å². The van der Waals surface area contributed by atoms with Crippen LogP contribution in [0.1, 0.15) is 47.7 Å². The Hall–Kier alpha value is -4.96. The number of ether oxygens (including phenoxy) is 1. The van der Waals surface area contributed by atoms with Gasteiger partial charge in [0, 0.05) is 71.0 Å². The van der Waals surface area contributed by atoms with Crippen molar-refractivity contribution in [3.05, 3.63) is 108 Å². The van der Waals surface area contributed by atoms with E-state index in [9.17, 15) is 14.7 Å². The van der Waals surface area contributed by atoms with Crippen molar-refractivity contribution in [1.82, 2.24) is 20.2 Å². The summed E-state index contributed by atoms with van der Waals surface area (Å²) in [6.07, 6.45) is 4.54. The monoisotopic (exact) mass is 636 g/mol. The number of benzene rings is 2. The van der Waals surface area contributed by atoms with Crippen molar-refractivity contribution in [1.29, 1.82) is 0 Å². The van der Waals surface area contributed by atoms with E-state index >= 15 is 0 Å². The molecule has 2 aromatic carbocycles. The molecule has 1 aliphatic carbocycles. The molecule has 0 aliphatic heterocycles. The highest BCUT2D eigenvalue weighted by Crippen LogP contribution is 2.44. The van der Waals surface area contributed by atoms with Gasteiger partial charge in [0.2, 0.25) is 0 Å². The van der Waals surface area contributed by atoms with E-state index in [2.05, 4.69) is 56.6 Å². The Labute approximate surface area is 277 Å². The number of hydrogen-bond acceptors (Lipinski definition) is 8. The number of pyridine rings is 2. The minimum Gasteiger partial charge on any atom is -0.480 e. The average Bonchev–Trinajstić information content (AvgIpc) is 3.38. The number of nitrogens with one attached hydrogen (secondary N) is 1. The van der Waals surface area contributed by atoms with E-state index in [1.807, 2.05) is 86.8 Å². The molecule has 4 aromatic rings. The quantitative estimate of drug-likeness (QED) is 0.157. The van der Waals surface area contributed by atoms with Gasteiger partial charge in [-0.25, -0.2) is 9.59 Å². The number of carbonyl (C=O) groups is 2. The lowest BCUT2D eigenvalue weighted by atomic mass is 9.98. The van der Waals surface area contributed by atoms with Crippen molar-refractivity contribution in [3.63, 3.8) is 0 Å². The Morgan fingerprint density at radius 3 is 1.85 bits per heavy atom. The normalized spacial score (nSPS) is 12.7. The Morgan fingerprint density at radius 2 is 1.34 bits per heavy atom. The number of fused-ring (bicyclic) bond motifs is 3. The van der Waals surface area contributed by atoms with Gasteiger partial charge in [0.15, 0.2) is 0 Å². The first-order valence-electron chi connectivity index (χ1n) is 16.0. The van der Waals surface area contributed by atoms with Gasteiger partial charge in [-0.15, -0.1) is 0 Å². The third kappa shape index (κ3) is 8.65. The molecule has 0 saturated heterocycles. The van der Waals surface area contributed by atoms with Gasteiger partial charge >= 0.3 is 12.1 Å². The molecule has 2 heterocycles. The van der Waals surface area contributed by atoms with Crippen LogP contribution >= 0.6 is 0 Å². The van der Waals surface area contributed by atoms with E-state index in [1.165, 1.54) is 0 Å². The molecule has 246 valence electrons. The van der Waals surface area contributed by atoms with E-state index in [4.69, 9.17) is 4.74 Å². The number of carboxylic acid groups (broad SMARTS) is 1. The van der Waals surface area contributed by atoms with E-state index in [0.29, 0.717) is 26.1 Å². The molecule has 1 amide bonds. The zero-order valence-corrected chi connectivity index (χ0v) is 27.6. The van der Waals surface area contributed by atoms with Crippen LogP contribution in [0.5, 0.6) is 0 Å². The smallest absolute Gasteiger partial charge is 0.407 e.